The van der Waals surface area contributed by atoms with E-state index in [1.165, 1.54) is 18.2 Å². The number of halogens is 3. The molecule has 0 atom stereocenters. The van der Waals surface area contributed by atoms with E-state index in [1.54, 1.807) is 0 Å². The lowest BCUT2D eigenvalue weighted by molar-refractivity contribution is 0.363. The Kier molecular flexibility index (Phi) is 3.22. The van der Waals surface area contributed by atoms with Gasteiger partial charge in [0.1, 0.15) is 12.4 Å². The molecule has 1 nitrogen and oxygen atoms in total. The molecule has 0 aliphatic rings. The first kappa shape index (κ1) is 10.7. The van der Waals surface area contributed by atoms with Crippen molar-refractivity contribution in [3.8, 4) is 5.75 Å². The molecule has 0 saturated heterocycles. The second kappa shape index (κ2) is 4.22. The summed E-state index contributed by atoms with van der Waals surface area (Å²) < 4.78 is 41.6. The van der Waals surface area contributed by atoms with Crippen LogP contribution in [-0.4, -0.2) is 13.6 Å². The van der Waals surface area contributed by atoms with Gasteiger partial charge in [-0.25, -0.2) is 0 Å². The molecule has 0 aromatic heterocycles. The van der Waals surface area contributed by atoms with Gasteiger partial charge in [0, 0.05) is 0 Å². The van der Waals surface area contributed by atoms with Gasteiger partial charge in [-0.05, 0) is 12.1 Å². The van der Waals surface area contributed by atoms with E-state index in [4.69, 9.17) is 4.74 Å². The molecule has 1 aromatic rings. The van der Waals surface area contributed by atoms with E-state index in [2.05, 4.69) is 6.58 Å². The Balaban J connectivity index is 2.73. The fraction of sp³-hybridized carbons (Fsp3) is 0.111. The minimum Gasteiger partial charge on any atom is -0.490 e. The fourth-order valence-corrected chi connectivity index (χ4v) is 0.937. The summed E-state index contributed by atoms with van der Waals surface area (Å²) in [5.74, 6) is 0.411. The third kappa shape index (κ3) is 2.83. The van der Waals surface area contributed by atoms with Gasteiger partial charge in [-0.15, -0.1) is 5.46 Å². The Morgan fingerprint density at radius 1 is 1.21 bits per heavy atom. The van der Waals surface area contributed by atoms with Crippen LogP contribution in [0.15, 0.2) is 36.9 Å². The number of ether oxygens (including phenoxy) is 1. The minimum atomic E-state index is -4.91. The highest BCUT2D eigenvalue weighted by atomic mass is 19.4. The number of hydrogen-bond acceptors (Lipinski definition) is 1. The quantitative estimate of drug-likeness (QED) is 0.536. The van der Waals surface area contributed by atoms with E-state index >= 15 is 0 Å². The molecule has 0 bridgehead atoms. The maximum Gasteiger partial charge on any atom is 0.509 e. The molecule has 14 heavy (non-hydrogen) atoms. The number of rotatable bonds is 4. The highest BCUT2D eigenvalue weighted by Gasteiger charge is 2.24. The molecular formula is C9H9BF3O-. The largest absolute Gasteiger partial charge is 0.509 e. The van der Waals surface area contributed by atoms with Crippen LogP contribution < -0.4 is 10.2 Å². The molecule has 0 heterocycles. The van der Waals surface area contributed by atoms with Crippen molar-refractivity contribution in [2.75, 3.05) is 6.61 Å². The second-order valence-corrected chi connectivity index (χ2v) is 2.74. The Morgan fingerprint density at radius 3 is 2.21 bits per heavy atom. The van der Waals surface area contributed by atoms with Crippen LogP contribution in [0.5, 0.6) is 5.75 Å². The van der Waals surface area contributed by atoms with Crippen LogP contribution in [0.2, 0.25) is 0 Å². The van der Waals surface area contributed by atoms with E-state index in [0.29, 0.717) is 5.75 Å². The van der Waals surface area contributed by atoms with E-state index in [9.17, 15) is 12.9 Å². The third-order valence-electron chi connectivity index (χ3n) is 1.63. The van der Waals surface area contributed by atoms with Gasteiger partial charge in [-0.1, -0.05) is 24.8 Å². The van der Waals surface area contributed by atoms with Crippen LogP contribution in [0.3, 0.4) is 0 Å². The van der Waals surface area contributed by atoms with Crippen molar-refractivity contribution in [1.29, 1.82) is 0 Å². The molecule has 76 valence electrons. The van der Waals surface area contributed by atoms with Crippen LogP contribution in [0.4, 0.5) is 12.9 Å². The second-order valence-electron chi connectivity index (χ2n) is 2.74. The Morgan fingerprint density at radius 2 is 1.79 bits per heavy atom. The highest BCUT2D eigenvalue weighted by molar-refractivity contribution is 6.73. The molecule has 0 N–H and O–H groups in total. The van der Waals surface area contributed by atoms with Crippen LogP contribution in [0.25, 0.3) is 0 Å². The lowest BCUT2D eigenvalue weighted by Gasteiger charge is -2.14. The molecule has 0 radical (unpaired) electrons. The SMILES string of the molecule is C=CCOc1ccc([B-](F)(F)F)cc1. The van der Waals surface area contributed by atoms with Crippen molar-refractivity contribution in [3.05, 3.63) is 36.9 Å². The lowest BCUT2D eigenvalue weighted by atomic mass is 9.80. The van der Waals surface area contributed by atoms with Crippen LogP contribution in [0.1, 0.15) is 0 Å². The molecule has 0 saturated carbocycles. The Labute approximate surface area is 80.3 Å². The Bertz CT molecular complexity index is 305. The Hall–Kier alpha value is -1.39. The predicted octanol–water partition coefficient (Wildman–Crippen LogP) is 2.31. The molecule has 0 fully saturated rings. The van der Waals surface area contributed by atoms with Gasteiger partial charge in [0.15, 0.2) is 0 Å². The molecule has 0 aliphatic carbocycles. The number of hydrogen-bond donors (Lipinski definition) is 0. The smallest absolute Gasteiger partial charge is 0.490 e. The van der Waals surface area contributed by atoms with Crippen LogP contribution in [-0.2, 0) is 0 Å². The molecule has 1 rings (SSSR count). The summed E-state index contributed by atoms with van der Waals surface area (Å²) in [5.41, 5.74) is -0.615. The summed E-state index contributed by atoms with van der Waals surface area (Å²) in [7, 11) is 0. The predicted molar refractivity (Wildman–Crippen MR) is 50.8 cm³/mol. The molecule has 0 spiro atoms. The average molecular weight is 201 g/mol. The first-order chi connectivity index (χ1) is 6.54. The standard InChI is InChI=1S/C9H9BF3O/c1-2-7-14-9-5-3-8(4-6-9)10(11,12)13/h2-6H,1,7H2/q-1. The summed E-state index contributed by atoms with van der Waals surface area (Å²) in [5, 5.41) is 0. The van der Waals surface area contributed by atoms with Crippen molar-refractivity contribution < 1.29 is 17.7 Å². The van der Waals surface area contributed by atoms with Gasteiger partial charge in [0.25, 0.3) is 0 Å². The van der Waals surface area contributed by atoms with Gasteiger partial charge in [-0.2, -0.15) is 0 Å². The molecule has 0 amide bonds. The van der Waals surface area contributed by atoms with Crippen molar-refractivity contribution in [2.24, 2.45) is 0 Å². The van der Waals surface area contributed by atoms with Crippen molar-refractivity contribution in [3.63, 3.8) is 0 Å². The van der Waals surface area contributed by atoms with Gasteiger partial charge in [0.2, 0.25) is 0 Å². The summed E-state index contributed by atoms with van der Waals surface area (Å²) in [6, 6.07) is 4.62. The van der Waals surface area contributed by atoms with Gasteiger partial charge in [-0.3, -0.25) is 0 Å². The van der Waals surface area contributed by atoms with Crippen LogP contribution in [0, 0.1) is 0 Å². The van der Waals surface area contributed by atoms with Crippen molar-refractivity contribution >= 4 is 12.4 Å². The molecule has 5 heteroatoms. The van der Waals surface area contributed by atoms with Crippen molar-refractivity contribution in [2.45, 2.75) is 0 Å². The van der Waals surface area contributed by atoms with E-state index in [1.807, 2.05) is 0 Å². The van der Waals surface area contributed by atoms with Gasteiger partial charge < -0.3 is 17.7 Å². The first-order valence-electron chi connectivity index (χ1n) is 4.07. The summed E-state index contributed by atoms with van der Waals surface area (Å²) in [6.07, 6.45) is 1.53. The zero-order chi connectivity index (χ0) is 10.6. The first-order valence-corrected chi connectivity index (χ1v) is 4.07. The van der Waals surface area contributed by atoms with E-state index in [0.717, 1.165) is 12.1 Å². The molecular weight excluding hydrogens is 192 g/mol. The maximum absolute atomic E-state index is 12.2. The molecule has 1 aromatic carbocycles. The van der Waals surface area contributed by atoms with Crippen molar-refractivity contribution in [1.82, 2.24) is 0 Å². The monoisotopic (exact) mass is 201 g/mol. The summed E-state index contributed by atoms with van der Waals surface area (Å²) in [4.78, 5) is 0. The number of benzene rings is 1. The third-order valence-corrected chi connectivity index (χ3v) is 1.63. The van der Waals surface area contributed by atoms with E-state index in [-0.39, 0.29) is 6.61 Å². The van der Waals surface area contributed by atoms with Gasteiger partial charge >= 0.3 is 6.98 Å². The lowest BCUT2D eigenvalue weighted by Crippen LogP contribution is -2.33. The highest BCUT2D eigenvalue weighted by Crippen LogP contribution is 2.13. The maximum atomic E-state index is 12.2. The normalized spacial score (nSPS) is 11.1. The van der Waals surface area contributed by atoms with Crippen LogP contribution >= 0.6 is 0 Å². The average Bonchev–Trinajstić information content (AvgIpc) is 2.14. The zero-order valence-electron chi connectivity index (χ0n) is 7.42. The van der Waals surface area contributed by atoms with Gasteiger partial charge in [0.05, 0.1) is 0 Å². The topological polar surface area (TPSA) is 9.23 Å². The zero-order valence-corrected chi connectivity index (χ0v) is 7.42. The summed E-state index contributed by atoms with van der Waals surface area (Å²) in [6.45, 7) is -1.19. The van der Waals surface area contributed by atoms with E-state index < -0.39 is 12.4 Å². The fourth-order valence-electron chi connectivity index (χ4n) is 0.937. The molecule has 0 aliphatic heterocycles. The molecule has 0 unspecified atom stereocenters. The minimum absolute atomic E-state index is 0.288. The summed E-state index contributed by atoms with van der Waals surface area (Å²) >= 11 is 0.